The molecule has 2 aromatic rings. The van der Waals surface area contributed by atoms with Crippen LogP contribution >= 0.6 is 22.6 Å². The molecule has 0 saturated carbocycles. The molecule has 1 aromatic carbocycles. The molecule has 0 aliphatic carbocycles. The van der Waals surface area contributed by atoms with Crippen LogP contribution in [-0.2, 0) is 6.42 Å². The fourth-order valence-corrected chi connectivity index (χ4v) is 3.47. The Morgan fingerprint density at radius 3 is 2.63 bits per heavy atom. The Balaban J connectivity index is 1.40. The summed E-state index contributed by atoms with van der Waals surface area (Å²) in [6, 6.07) is 10.4. The second kappa shape index (κ2) is 10.3. The molecule has 1 amide bonds. The van der Waals surface area contributed by atoms with Gasteiger partial charge in [0, 0.05) is 38.1 Å². The van der Waals surface area contributed by atoms with Crippen molar-refractivity contribution in [2.24, 2.45) is 0 Å². The van der Waals surface area contributed by atoms with Gasteiger partial charge in [0.15, 0.2) is 0 Å². The number of carbonyl (C=O) groups excluding carboxylic acids is 1. The summed E-state index contributed by atoms with van der Waals surface area (Å²) in [5.74, 6) is 0.0499. The normalized spacial score (nSPS) is 14.9. The van der Waals surface area contributed by atoms with E-state index in [1.165, 1.54) is 5.57 Å². The molecular formula is C22H24F2IN3O2. The first-order valence-corrected chi connectivity index (χ1v) is 10.8. The van der Waals surface area contributed by atoms with Gasteiger partial charge in [-0.2, -0.15) is 8.78 Å². The van der Waals surface area contributed by atoms with Crippen LogP contribution in [0.25, 0.3) is 0 Å². The summed E-state index contributed by atoms with van der Waals surface area (Å²) in [7, 11) is 0. The van der Waals surface area contributed by atoms with Crippen LogP contribution in [0.2, 0.25) is 0 Å². The molecule has 5 nitrogen and oxygen atoms in total. The van der Waals surface area contributed by atoms with Crippen molar-refractivity contribution in [1.29, 1.82) is 0 Å². The van der Waals surface area contributed by atoms with Crippen LogP contribution in [-0.4, -0.2) is 46.1 Å². The molecule has 1 aliphatic heterocycles. The molecule has 2 heterocycles. The highest BCUT2D eigenvalue weighted by atomic mass is 127. The summed E-state index contributed by atoms with van der Waals surface area (Å²) in [6.07, 6.45) is 5.54. The topological polar surface area (TPSA) is 54.5 Å². The number of aromatic nitrogens is 1. The van der Waals surface area contributed by atoms with Crippen molar-refractivity contribution in [1.82, 2.24) is 15.2 Å². The number of hydrogen-bond donors (Lipinski definition) is 1. The number of hydrogen-bond acceptors (Lipinski definition) is 4. The highest BCUT2D eigenvalue weighted by Gasteiger charge is 2.26. The summed E-state index contributed by atoms with van der Waals surface area (Å²) in [6.45, 7) is 5.01. The van der Waals surface area contributed by atoms with E-state index in [1.54, 1.807) is 24.4 Å². The summed E-state index contributed by atoms with van der Waals surface area (Å²) < 4.78 is 27.1. The first kappa shape index (κ1) is 22.6. The quantitative estimate of drug-likeness (QED) is 0.315. The molecule has 0 saturated heterocycles. The van der Waals surface area contributed by atoms with Gasteiger partial charge in [-0.3, -0.25) is 14.7 Å². The summed E-state index contributed by atoms with van der Waals surface area (Å²) in [5, 5.41) is 2.93. The molecule has 1 N–H and O–H groups in total. The van der Waals surface area contributed by atoms with E-state index in [4.69, 9.17) is 0 Å². The lowest BCUT2D eigenvalue weighted by molar-refractivity contribution is -0.0691. The van der Waals surface area contributed by atoms with Crippen LogP contribution in [0.5, 0.6) is 5.75 Å². The van der Waals surface area contributed by atoms with Gasteiger partial charge in [-0.15, -0.1) is 0 Å². The minimum atomic E-state index is -3.20. The van der Waals surface area contributed by atoms with Gasteiger partial charge in [0.2, 0.25) is 0 Å². The molecular weight excluding hydrogens is 503 g/mol. The van der Waals surface area contributed by atoms with Gasteiger partial charge in [0.1, 0.15) is 5.75 Å². The molecule has 1 aliphatic rings. The van der Waals surface area contributed by atoms with Gasteiger partial charge in [-0.1, -0.05) is 23.8 Å². The zero-order valence-electron chi connectivity index (χ0n) is 16.7. The van der Waals surface area contributed by atoms with E-state index in [1.807, 2.05) is 25.1 Å². The Bertz CT molecular complexity index is 881. The maximum atomic E-state index is 12.9. The van der Waals surface area contributed by atoms with Crippen molar-refractivity contribution < 1.29 is 18.3 Å². The third-order valence-electron chi connectivity index (χ3n) is 4.86. The predicted octanol–water partition coefficient (Wildman–Crippen LogP) is 4.36. The molecule has 1 aromatic heterocycles. The fourth-order valence-electron chi connectivity index (χ4n) is 3.22. The van der Waals surface area contributed by atoms with Crippen molar-refractivity contribution in [3.05, 3.63) is 71.1 Å². The van der Waals surface area contributed by atoms with E-state index in [2.05, 4.69) is 26.0 Å². The predicted molar refractivity (Wildman–Crippen MR) is 120 cm³/mol. The van der Waals surface area contributed by atoms with Crippen LogP contribution in [0, 0.1) is 6.92 Å². The Hall–Kier alpha value is -2.07. The molecule has 160 valence electrons. The van der Waals surface area contributed by atoms with E-state index in [0.717, 1.165) is 66.3 Å². The lowest BCUT2D eigenvalue weighted by atomic mass is 9.99. The van der Waals surface area contributed by atoms with Gasteiger partial charge in [-0.25, -0.2) is 0 Å². The minimum Gasteiger partial charge on any atom is -0.425 e. The number of alkyl halides is 3. The lowest BCUT2D eigenvalue weighted by Crippen LogP contribution is -2.37. The van der Waals surface area contributed by atoms with Crippen molar-refractivity contribution >= 4 is 28.5 Å². The highest BCUT2D eigenvalue weighted by molar-refractivity contribution is 14.1. The van der Waals surface area contributed by atoms with Gasteiger partial charge in [0.05, 0.1) is 28.2 Å². The second-order valence-corrected chi connectivity index (χ2v) is 8.48. The number of carbonyl (C=O) groups is 1. The van der Waals surface area contributed by atoms with Crippen LogP contribution < -0.4 is 10.1 Å². The summed E-state index contributed by atoms with van der Waals surface area (Å²) in [4.78, 5) is 18.6. The number of halogens is 3. The summed E-state index contributed by atoms with van der Waals surface area (Å²) in [5.41, 5.74) is 3.85. The van der Waals surface area contributed by atoms with E-state index in [0.29, 0.717) is 12.1 Å². The number of rotatable bonds is 8. The van der Waals surface area contributed by atoms with E-state index < -0.39 is 4.12 Å². The fraction of sp³-hybridized carbons (Fsp3) is 0.364. The van der Waals surface area contributed by atoms with Crippen molar-refractivity contribution in [3.63, 3.8) is 0 Å². The lowest BCUT2D eigenvalue weighted by Gasteiger charge is -2.26. The van der Waals surface area contributed by atoms with Crippen LogP contribution in [0.15, 0.2) is 54.2 Å². The van der Waals surface area contributed by atoms with Crippen molar-refractivity contribution in [2.45, 2.75) is 23.9 Å². The SMILES string of the molecule is Cc1ccc(C(=O)NCCN2CC=C(Cc3ccc(OC(F)(F)I)cc3)CC2)cn1. The molecule has 0 radical (unpaired) electrons. The molecule has 3 rings (SSSR count). The number of benzene rings is 1. The number of amides is 1. The number of aryl methyl sites for hydroxylation is 1. The maximum absolute atomic E-state index is 12.9. The van der Waals surface area contributed by atoms with Crippen LogP contribution in [0.4, 0.5) is 8.78 Å². The zero-order chi connectivity index (χ0) is 21.6. The average molecular weight is 527 g/mol. The first-order chi connectivity index (χ1) is 14.3. The third kappa shape index (κ3) is 7.32. The Morgan fingerprint density at radius 2 is 2.03 bits per heavy atom. The van der Waals surface area contributed by atoms with E-state index in [9.17, 15) is 13.6 Å². The van der Waals surface area contributed by atoms with Crippen molar-refractivity contribution in [3.8, 4) is 5.75 Å². The molecule has 0 fully saturated rings. The number of ether oxygens (including phenoxy) is 1. The number of nitrogens with one attached hydrogen (secondary N) is 1. The van der Waals surface area contributed by atoms with E-state index >= 15 is 0 Å². The Morgan fingerprint density at radius 1 is 1.27 bits per heavy atom. The average Bonchev–Trinajstić information content (AvgIpc) is 2.70. The molecule has 0 atom stereocenters. The highest BCUT2D eigenvalue weighted by Crippen LogP contribution is 2.28. The molecule has 30 heavy (non-hydrogen) atoms. The largest absolute Gasteiger partial charge is 0.451 e. The number of pyridine rings is 1. The second-order valence-electron chi connectivity index (χ2n) is 7.23. The Kier molecular flexibility index (Phi) is 7.76. The number of nitrogens with zero attached hydrogens (tertiary/aromatic N) is 2. The molecule has 0 unspecified atom stereocenters. The van der Waals surface area contributed by atoms with E-state index in [-0.39, 0.29) is 11.7 Å². The maximum Gasteiger partial charge on any atom is 0.451 e. The zero-order valence-corrected chi connectivity index (χ0v) is 18.9. The van der Waals surface area contributed by atoms with Gasteiger partial charge < -0.3 is 10.1 Å². The van der Waals surface area contributed by atoms with Gasteiger partial charge in [-0.05, 0) is 49.6 Å². The third-order valence-corrected chi connectivity index (χ3v) is 5.08. The van der Waals surface area contributed by atoms with Gasteiger partial charge >= 0.3 is 4.12 Å². The standard InChI is InChI=1S/C22H24F2IN3O2/c1-16-2-5-19(15-27-16)21(29)26-10-13-28-11-8-18(9-12-28)14-17-3-6-20(7-4-17)30-22(23,24)25/h2-8,15H,9-14H2,1H3,(H,26,29). The smallest absolute Gasteiger partial charge is 0.425 e. The van der Waals surface area contributed by atoms with Crippen LogP contribution in [0.3, 0.4) is 0 Å². The Labute approximate surface area is 188 Å². The van der Waals surface area contributed by atoms with Crippen LogP contribution in [0.1, 0.15) is 28.0 Å². The molecule has 8 heteroatoms. The van der Waals surface area contributed by atoms with Gasteiger partial charge in [0.25, 0.3) is 5.91 Å². The summed E-state index contributed by atoms with van der Waals surface area (Å²) >= 11 is 0.957. The monoisotopic (exact) mass is 527 g/mol. The molecule has 0 spiro atoms. The minimum absolute atomic E-state index is 0.108. The van der Waals surface area contributed by atoms with Crippen molar-refractivity contribution in [2.75, 3.05) is 26.2 Å². The molecule has 0 bridgehead atoms. The first-order valence-electron chi connectivity index (χ1n) is 9.74.